The summed E-state index contributed by atoms with van der Waals surface area (Å²) in [5.74, 6) is -0.705. The van der Waals surface area contributed by atoms with Gasteiger partial charge in [-0.25, -0.2) is 0 Å². The third-order valence-corrected chi connectivity index (χ3v) is 11.4. The number of aliphatic carboxylic acids is 2. The normalized spacial score (nSPS) is 10.3. The average molecular weight is 764 g/mol. The molecule has 10 nitrogen and oxygen atoms in total. The number of methoxy groups -OCH3 is 2. The topological polar surface area (TPSA) is 151 Å². The van der Waals surface area contributed by atoms with Crippen molar-refractivity contribution in [3.8, 4) is 22.6 Å². The Balaban J connectivity index is 0.000000602. The molecule has 0 amide bonds. The van der Waals surface area contributed by atoms with E-state index >= 15 is 0 Å². The van der Waals surface area contributed by atoms with E-state index in [0.29, 0.717) is 0 Å². The summed E-state index contributed by atoms with van der Waals surface area (Å²) >= 11 is 0. The monoisotopic (exact) mass is 764 g/mol. The van der Waals surface area contributed by atoms with E-state index in [2.05, 4.69) is 12.1 Å². The number of benzene rings is 2. The number of carbonyl (C=O) groups is 2. The third-order valence-electron chi connectivity index (χ3n) is 6.35. The number of hydrogen-bond acceptors (Lipinski definition) is 10. The zero-order valence-corrected chi connectivity index (χ0v) is 29.6. The molecule has 0 saturated carbocycles. The van der Waals surface area contributed by atoms with Crippen LogP contribution in [0.4, 0.5) is 0 Å². The van der Waals surface area contributed by atoms with E-state index in [1.165, 1.54) is 0 Å². The van der Waals surface area contributed by atoms with Gasteiger partial charge in [0.05, 0.1) is 50.4 Å². The summed E-state index contributed by atoms with van der Waals surface area (Å²) in [6.45, 7) is 1.94. The summed E-state index contributed by atoms with van der Waals surface area (Å²) in [5.41, 5.74) is 5.31. The van der Waals surface area contributed by atoms with Gasteiger partial charge in [-0.05, 0) is 62.4 Å². The molecule has 2 aromatic carbocycles. The molecule has 0 aliphatic carbocycles. The number of carbonyl (C=O) groups excluding carboxylic acids is 2. The molecule has 0 bridgehead atoms. The Hall–Kier alpha value is -4.42. The van der Waals surface area contributed by atoms with Crippen molar-refractivity contribution in [2.24, 2.45) is 0 Å². The summed E-state index contributed by atoms with van der Waals surface area (Å²) in [7, 11) is 0.0236. The van der Waals surface area contributed by atoms with Crippen LogP contribution in [0.1, 0.15) is 13.8 Å². The number of rotatable bonds is 9. The summed E-state index contributed by atoms with van der Waals surface area (Å²) in [4.78, 5) is 17.8. The second-order valence-electron chi connectivity index (χ2n) is 9.41. The molecule has 0 radical (unpaired) electrons. The average Bonchev–Trinajstić information content (AvgIpc) is 3.86. The summed E-state index contributed by atoms with van der Waals surface area (Å²) in [6.07, 6.45) is 6.80. The number of carboxylic acid groups (broad SMARTS) is 2. The van der Waals surface area contributed by atoms with Crippen LogP contribution >= 0.6 is 15.8 Å². The Morgan fingerprint density at radius 1 is 0.532 bits per heavy atom. The molecule has 4 heterocycles. The summed E-state index contributed by atoms with van der Waals surface area (Å²) in [5, 5.41) is 19.9. The van der Waals surface area contributed by atoms with Gasteiger partial charge in [0.25, 0.3) is 22.0 Å². The number of ether oxygens (including phenoxy) is 2. The van der Waals surface area contributed by atoms with E-state index in [9.17, 15) is 0 Å². The Morgan fingerprint density at radius 2 is 0.809 bits per heavy atom. The quantitative estimate of drug-likeness (QED) is 0.159. The van der Waals surface area contributed by atoms with Gasteiger partial charge in [-0.2, -0.15) is 0 Å². The molecule has 0 atom stereocenters. The van der Waals surface area contributed by atoms with Crippen molar-refractivity contribution < 1.29 is 66.4 Å². The standard InChI is InChI=1S/C30H24O6P2.2C2H4O2.Ru/c1-31-21-9-3-11-23(37(25-13-5-17-33-25)26-14-6-18-34-26)29(21)30-22(32-2)10-4-12-24(30)38(27-15-7-19-35-27)28-16-8-20-36-28;2*1-2(3)4;/h3-20H,1-2H3;2*1H3,(H,3,4);/q;;;+2. The molecule has 0 aliphatic rings. The molecular formula is C34H32O10P2Ru+2. The SMILES string of the molecule is CC(=O)[O-].CC(=O)[O-].COc1cccc([PH+](c2ccco2)c2ccco2)c1-c1c(OC)cccc1[PH+](c1ccco1)c1ccco1.[Ru+2]. The van der Waals surface area contributed by atoms with E-state index in [1.807, 2.05) is 72.8 Å². The fraction of sp³-hybridized carbons (Fsp3) is 0.118. The Morgan fingerprint density at radius 3 is 1.02 bits per heavy atom. The van der Waals surface area contributed by atoms with Crippen LogP contribution in [0.2, 0.25) is 0 Å². The van der Waals surface area contributed by atoms with Gasteiger partial charge in [-0.1, -0.05) is 12.1 Å². The predicted octanol–water partition coefficient (Wildman–Crippen LogP) is 2.23. The second-order valence-corrected chi connectivity index (χ2v) is 14.0. The van der Waals surface area contributed by atoms with Crippen LogP contribution in [-0.4, -0.2) is 26.2 Å². The molecule has 0 unspecified atom stereocenters. The van der Waals surface area contributed by atoms with Crippen LogP contribution in [0.3, 0.4) is 0 Å². The largest absolute Gasteiger partial charge is 2.00 e. The van der Waals surface area contributed by atoms with Crippen molar-refractivity contribution in [3.63, 3.8) is 0 Å². The van der Waals surface area contributed by atoms with E-state index in [0.717, 1.165) is 69.1 Å². The molecule has 6 aromatic rings. The van der Waals surface area contributed by atoms with Crippen molar-refractivity contribution in [2.75, 3.05) is 14.2 Å². The van der Waals surface area contributed by atoms with Crippen molar-refractivity contribution in [3.05, 3.63) is 110 Å². The first-order chi connectivity index (χ1) is 22.3. The molecule has 47 heavy (non-hydrogen) atoms. The van der Waals surface area contributed by atoms with E-state index in [-0.39, 0.29) is 19.5 Å². The summed E-state index contributed by atoms with van der Waals surface area (Å²) in [6, 6.07) is 27.9. The van der Waals surface area contributed by atoms with Gasteiger partial charge in [0, 0.05) is 36.2 Å². The van der Waals surface area contributed by atoms with Crippen molar-refractivity contribution >= 4 is 60.4 Å². The predicted molar refractivity (Wildman–Crippen MR) is 176 cm³/mol. The smallest absolute Gasteiger partial charge is 0.550 e. The van der Waals surface area contributed by atoms with Crippen LogP contribution in [0, 0.1) is 0 Å². The molecule has 6 rings (SSSR count). The van der Waals surface area contributed by atoms with Crippen LogP contribution in [0.5, 0.6) is 11.5 Å². The number of hydrogen-bond donors (Lipinski definition) is 0. The third kappa shape index (κ3) is 9.33. The van der Waals surface area contributed by atoms with Crippen LogP contribution in [0.25, 0.3) is 11.1 Å². The van der Waals surface area contributed by atoms with Gasteiger partial charge in [-0.3, -0.25) is 0 Å². The van der Waals surface area contributed by atoms with Crippen molar-refractivity contribution in [2.45, 2.75) is 13.8 Å². The van der Waals surface area contributed by atoms with Gasteiger partial charge in [0.2, 0.25) is 0 Å². The molecule has 0 fully saturated rings. The number of carboxylic acids is 2. The zero-order chi connectivity index (χ0) is 33.1. The molecule has 244 valence electrons. The molecule has 0 spiro atoms. The first kappa shape index (κ1) is 37.0. The number of furan rings is 4. The van der Waals surface area contributed by atoms with Crippen LogP contribution in [-0.2, 0) is 29.1 Å². The Kier molecular flexibility index (Phi) is 14.2. The Bertz CT molecular complexity index is 1590. The van der Waals surface area contributed by atoms with E-state index in [1.54, 1.807) is 39.3 Å². The van der Waals surface area contributed by atoms with Gasteiger partial charge >= 0.3 is 19.5 Å². The fourth-order valence-electron chi connectivity index (χ4n) is 4.79. The maximum absolute atomic E-state index is 8.89. The van der Waals surface area contributed by atoms with Crippen LogP contribution in [0.15, 0.2) is 128 Å². The minimum Gasteiger partial charge on any atom is -0.550 e. The van der Waals surface area contributed by atoms with Gasteiger partial charge < -0.3 is 46.9 Å². The van der Waals surface area contributed by atoms with Gasteiger partial charge in [0.15, 0.2) is 15.8 Å². The minimum absolute atomic E-state index is 0. The van der Waals surface area contributed by atoms with Crippen molar-refractivity contribution in [1.29, 1.82) is 0 Å². The molecule has 4 aromatic heterocycles. The zero-order valence-electron chi connectivity index (χ0n) is 25.8. The van der Waals surface area contributed by atoms with Gasteiger partial charge in [-0.15, -0.1) is 0 Å². The molecule has 0 aliphatic heterocycles. The fourth-order valence-corrected chi connectivity index (χ4v) is 9.66. The van der Waals surface area contributed by atoms with Gasteiger partial charge in [0.1, 0.15) is 22.1 Å². The van der Waals surface area contributed by atoms with E-state index < -0.39 is 27.8 Å². The Labute approximate surface area is 286 Å². The van der Waals surface area contributed by atoms with Crippen molar-refractivity contribution in [1.82, 2.24) is 0 Å². The molecular weight excluding hydrogens is 731 g/mol. The molecule has 13 heteroatoms. The maximum atomic E-state index is 8.89. The summed E-state index contributed by atoms with van der Waals surface area (Å²) < 4.78 is 35.9. The van der Waals surface area contributed by atoms with E-state index in [4.69, 9.17) is 46.9 Å². The molecule has 0 saturated heterocycles. The minimum atomic E-state index is -1.68. The first-order valence-electron chi connectivity index (χ1n) is 13.9. The second kappa shape index (κ2) is 18.1. The molecule has 0 N–H and O–H groups in total. The maximum Gasteiger partial charge on any atom is 2.00 e. The first-order valence-corrected chi connectivity index (χ1v) is 16.9. The van der Waals surface area contributed by atoms with Crippen LogP contribution < -0.4 is 52.3 Å².